The van der Waals surface area contributed by atoms with Crippen molar-refractivity contribution in [2.75, 3.05) is 13.2 Å². The summed E-state index contributed by atoms with van der Waals surface area (Å²) >= 11 is 1.74. The second kappa shape index (κ2) is 10.4. The molecule has 1 saturated heterocycles. The van der Waals surface area contributed by atoms with Crippen molar-refractivity contribution in [3.63, 3.8) is 0 Å². The number of unbranched alkanes of at least 4 members (excludes halogenated alkanes) is 2. The Balaban J connectivity index is 1.44. The number of fused-ring (bicyclic) bond motifs is 1. The lowest BCUT2D eigenvalue weighted by atomic mass is 9.99. The van der Waals surface area contributed by atoms with Crippen LogP contribution >= 0.6 is 11.3 Å². The molecular formula is C23H27NO3S. The van der Waals surface area contributed by atoms with Crippen molar-refractivity contribution in [1.29, 1.82) is 0 Å². The SMILES string of the molecule is O=C1C[C@H](/C=C/C(O)CCc2csc3ccccc23)N1CC#CCCCCO. The molecule has 2 heterocycles. The molecule has 1 aromatic heterocycles. The second-order valence-corrected chi connectivity index (χ2v) is 7.99. The first kappa shape index (κ1) is 20.6. The second-order valence-electron chi connectivity index (χ2n) is 7.08. The number of hydrogen-bond acceptors (Lipinski definition) is 4. The molecule has 2 aromatic rings. The Kier molecular flexibility index (Phi) is 7.67. The predicted octanol–water partition coefficient (Wildman–Crippen LogP) is 3.52. The van der Waals surface area contributed by atoms with Gasteiger partial charge in [-0.3, -0.25) is 4.79 Å². The van der Waals surface area contributed by atoms with Gasteiger partial charge in [0.05, 0.1) is 25.1 Å². The Hall–Kier alpha value is -2.13. The van der Waals surface area contributed by atoms with Crippen LogP contribution in [0.15, 0.2) is 41.8 Å². The predicted molar refractivity (Wildman–Crippen MR) is 114 cm³/mol. The summed E-state index contributed by atoms with van der Waals surface area (Å²) in [5, 5.41) is 22.5. The summed E-state index contributed by atoms with van der Waals surface area (Å²) < 4.78 is 1.28. The van der Waals surface area contributed by atoms with Gasteiger partial charge in [-0.15, -0.1) is 17.3 Å². The number of amides is 1. The van der Waals surface area contributed by atoms with Crippen molar-refractivity contribution >= 4 is 27.3 Å². The van der Waals surface area contributed by atoms with Crippen LogP contribution in [0.4, 0.5) is 0 Å². The maximum absolute atomic E-state index is 11.8. The van der Waals surface area contributed by atoms with Gasteiger partial charge in [0.25, 0.3) is 0 Å². The molecule has 1 aromatic carbocycles. The third kappa shape index (κ3) is 5.45. The third-order valence-corrected chi connectivity index (χ3v) is 6.03. The first-order valence-electron chi connectivity index (χ1n) is 9.86. The molecule has 1 aliphatic heterocycles. The molecule has 2 N–H and O–H groups in total. The molecule has 3 rings (SSSR count). The fraction of sp³-hybridized carbons (Fsp3) is 0.435. The first-order valence-corrected chi connectivity index (χ1v) is 10.7. The molecular weight excluding hydrogens is 370 g/mol. The molecule has 28 heavy (non-hydrogen) atoms. The highest BCUT2D eigenvalue weighted by atomic mass is 32.1. The smallest absolute Gasteiger partial charge is 0.226 e. The topological polar surface area (TPSA) is 60.8 Å². The van der Waals surface area contributed by atoms with Crippen molar-refractivity contribution < 1.29 is 15.0 Å². The molecule has 0 bridgehead atoms. The molecule has 0 saturated carbocycles. The molecule has 1 amide bonds. The van der Waals surface area contributed by atoms with Crippen LogP contribution in [0.3, 0.4) is 0 Å². The Morgan fingerprint density at radius 3 is 2.96 bits per heavy atom. The van der Waals surface area contributed by atoms with Crippen LogP contribution in [-0.4, -0.2) is 46.3 Å². The number of aryl methyl sites for hydroxylation is 1. The van der Waals surface area contributed by atoms with E-state index in [1.54, 1.807) is 16.2 Å². The van der Waals surface area contributed by atoms with Crippen LogP contribution in [0.5, 0.6) is 0 Å². The van der Waals surface area contributed by atoms with Crippen molar-refractivity contribution in [1.82, 2.24) is 4.90 Å². The number of β-lactam (4-membered cyclic amide) rings is 1. The highest BCUT2D eigenvalue weighted by Gasteiger charge is 2.33. The molecule has 1 unspecified atom stereocenters. The summed E-state index contributed by atoms with van der Waals surface area (Å²) in [7, 11) is 0. The fourth-order valence-corrected chi connectivity index (χ4v) is 4.29. The molecule has 2 atom stereocenters. The van der Waals surface area contributed by atoms with E-state index in [-0.39, 0.29) is 18.6 Å². The number of nitrogens with zero attached hydrogens (tertiary/aromatic N) is 1. The van der Waals surface area contributed by atoms with Gasteiger partial charge in [0.1, 0.15) is 0 Å². The minimum atomic E-state index is -0.513. The van der Waals surface area contributed by atoms with Crippen LogP contribution in [0.25, 0.3) is 10.1 Å². The number of aliphatic hydroxyl groups excluding tert-OH is 2. The van der Waals surface area contributed by atoms with E-state index in [0.717, 1.165) is 25.7 Å². The van der Waals surface area contributed by atoms with Crippen molar-refractivity contribution in [2.24, 2.45) is 0 Å². The number of benzene rings is 1. The van der Waals surface area contributed by atoms with Crippen LogP contribution in [-0.2, 0) is 11.2 Å². The van der Waals surface area contributed by atoms with Crippen LogP contribution in [0, 0.1) is 11.8 Å². The van der Waals surface area contributed by atoms with Gasteiger partial charge in [0.2, 0.25) is 5.91 Å². The van der Waals surface area contributed by atoms with Gasteiger partial charge in [0.15, 0.2) is 0 Å². The molecule has 0 radical (unpaired) electrons. The molecule has 4 nitrogen and oxygen atoms in total. The average molecular weight is 398 g/mol. The van der Waals surface area contributed by atoms with E-state index in [4.69, 9.17) is 5.11 Å². The van der Waals surface area contributed by atoms with E-state index in [0.29, 0.717) is 19.4 Å². The fourth-order valence-electron chi connectivity index (χ4n) is 3.29. The summed E-state index contributed by atoms with van der Waals surface area (Å²) in [5.74, 6) is 6.19. The highest BCUT2D eigenvalue weighted by molar-refractivity contribution is 7.17. The largest absolute Gasteiger partial charge is 0.396 e. The van der Waals surface area contributed by atoms with Gasteiger partial charge in [-0.05, 0) is 48.1 Å². The lowest BCUT2D eigenvalue weighted by Crippen LogP contribution is -2.51. The average Bonchev–Trinajstić information content (AvgIpc) is 3.12. The maximum Gasteiger partial charge on any atom is 0.226 e. The van der Waals surface area contributed by atoms with E-state index in [1.165, 1.54) is 15.6 Å². The first-order chi connectivity index (χ1) is 13.7. The van der Waals surface area contributed by atoms with E-state index in [1.807, 2.05) is 24.3 Å². The Labute approximate surface area is 170 Å². The maximum atomic E-state index is 11.8. The number of likely N-dealkylation sites (tertiary alicyclic amines) is 1. The Morgan fingerprint density at radius 2 is 2.14 bits per heavy atom. The number of rotatable bonds is 9. The summed E-state index contributed by atoms with van der Waals surface area (Å²) in [5.41, 5.74) is 1.28. The molecule has 1 fully saturated rings. The van der Waals surface area contributed by atoms with Gasteiger partial charge in [-0.25, -0.2) is 0 Å². The summed E-state index contributed by atoms with van der Waals surface area (Å²) in [4.78, 5) is 13.5. The summed E-state index contributed by atoms with van der Waals surface area (Å²) in [6, 6.07) is 8.39. The monoisotopic (exact) mass is 397 g/mol. The van der Waals surface area contributed by atoms with Crippen LogP contribution < -0.4 is 0 Å². The Bertz CT molecular complexity index is 877. The summed E-state index contributed by atoms with van der Waals surface area (Å²) in [6.07, 6.45) is 7.63. The zero-order chi connectivity index (χ0) is 19.8. The van der Waals surface area contributed by atoms with Gasteiger partial charge in [-0.1, -0.05) is 36.3 Å². The zero-order valence-corrected chi connectivity index (χ0v) is 16.8. The lowest BCUT2D eigenvalue weighted by Gasteiger charge is -2.37. The number of carbonyl (C=O) groups excluding carboxylic acids is 1. The normalized spacial score (nSPS) is 17.6. The molecule has 0 aliphatic carbocycles. The number of aliphatic hydroxyl groups is 2. The number of thiophene rings is 1. The van der Waals surface area contributed by atoms with E-state index >= 15 is 0 Å². The van der Waals surface area contributed by atoms with E-state index < -0.39 is 6.10 Å². The van der Waals surface area contributed by atoms with Gasteiger partial charge < -0.3 is 15.1 Å². The number of hydrogen-bond donors (Lipinski definition) is 2. The molecule has 5 heteroatoms. The summed E-state index contributed by atoms with van der Waals surface area (Å²) in [6.45, 7) is 0.633. The quantitative estimate of drug-likeness (QED) is 0.295. The minimum Gasteiger partial charge on any atom is -0.396 e. The zero-order valence-electron chi connectivity index (χ0n) is 16.0. The van der Waals surface area contributed by atoms with Crippen LogP contribution in [0.1, 0.15) is 37.7 Å². The van der Waals surface area contributed by atoms with Gasteiger partial charge >= 0.3 is 0 Å². The third-order valence-electron chi connectivity index (χ3n) is 5.01. The Morgan fingerprint density at radius 1 is 1.29 bits per heavy atom. The van der Waals surface area contributed by atoms with Crippen molar-refractivity contribution in [3.8, 4) is 11.8 Å². The molecule has 0 spiro atoms. The number of carbonyl (C=O) groups is 1. The van der Waals surface area contributed by atoms with Gasteiger partial charge in [0, 0.05) is 17.7 Å². The lowest BCUT2D eigenvalue weighted by molar-refractivity contribution is -0.142. The van der Waals surface area contributed by atoms with Crippen molar-refractivity contribution in [3.05, 3.63) is 47.4 Å². The molecule has 1 aliphatic rings. The minimum absolute atomic E-state index is 0.0378. The standard InChI is InChI=1S/C23H27NO3S/c25-15-7-3-1-2-6-14-24-19(16-23(24)27)11-13-20(26)12-10-18-17-28-22-9-5-4-8-21(18)22/h4-5,8-9,11,13,17,19-20,25-26H,1,3,7,10,12,14-16H2/b13-11+/t19-,20?/m0/s1. The van der Waals surface area contributed by atoms with E-state index in [9.17, 15) is 9.90 Å². The molecule has 148 valence electrons. The van der Waals surface area contributed by atoms with Gasteiger partial charge in [-0.2, -0.15) is 0 Å². The van der Waals surface area contributed by atoms with Crippen molar-refractivity contribution in [2.45, 2.75) is 50.7 Å². The highest BCUT2D eigenvalue weighted by Crippen LogP contribution is 2.27. The van der Waals surface area contributed by atoms with E-state index in [2.05, 4.69) is 29.4 Å². The van der Waals surface area contributed by atoms with Crippen LogP contribution in [0.2, 0.25) is 0 Å².